The monoisotopic (exact) mass is 429 g/mol. The summed E-state index contributed by atoms with van der Waals surface area (Å²) in [7, 11) is 4.64. The highest BCUT2D eigenvalue weighted by Gasteiger charge is 2.33. The van der Waals surface area contributed by atoms with Gasteiger partial charge in [-0.2, -0.15) is 0 Å². The van der Waals surface area contributed by atoms with Gasteiger partial charge < -0.3 is 24.1 Å². The number of nitrogens with zero attached hydrogens (tertiary/aromatic N) is 2. The number of amidine groups is 1. The highest BCUT2D eigenvalue weighted by molar-refractivity contribution is 8.15. The van der Waals surface area contributed by atoms with Crippen molar-refractivity contribution >= 4 is 34.5 Å². The van der Waals surface area contributed by atoms with Crippen LogP contribution in [-0.4, -0.2) is 48.5 Å². The summed E-state index contributed by atoms with van der Waals surface area (Å²) < 4.78 is 15.7. The summed E-state index contributed by atoms with van der Waals surface area (Å²) in [5, 5.41) is 10.7. The third kappa shape index (κ3) is 4.85. The molecular weight excluding hydrogens is 408 g/mol. The molecule has 0 N–H and O–H groups in total. The molecule has 1 aliphatic heterocycles. The van der Waals surface area contributed by atoms with Crippen LogP contribution in [0.15, 0.2) is 47.5 Å². The van der Waals surface area contributed by atoms with Crippen LogP contribution in [0.1, 0.15) is 12.0 Å². The smallest absolute Gasteiger partial charge is 0.230 e. The highest BCUT2D eigenvalue weighted by atomic mass is 32.2. The van der Waals surface area contributed by atoms with Crippen molar-refractivity contribution in [2.45, 2.75) is 18.2 Å². The molecule has 0 unspecified atom stereocenters. The number of carboxylic acid groups (broad SMARTS) is 1. The second-order valence-corrected chi connectivity index (χ2v) is 7.56. The van der Waals surface area contributed by atoms with E-state index >= 15 is 0 Å². The minimum atomic E-state index is -1.29. The van der Waals surface area contributed by atoms with E-state index in [2.05, 4.69) is 4.99 Å². The second kappa shape index (κ2) is 9.53. The van der Waals surface area contributed by atoms with Gasteiger partial charge in [0, 0.05) is 6.42 Å². The van der Waals surface area contributed by atoms with E-state index in [1.807, 2.05) is 6.07 Å². The Morgan fingerprint density at radius 2 is 1.80 bits per heavy atom. The normalized spacial score (nSPS) is 17.7. The number of methoxy groups -OCH3 is 3. The molecule has 0 spiro atoms. The highest BCUT2D eigenvalue weighted by Crippen LogP contribution is 2.32. The molecule has 2 aromatic carbocycles. The molecule has 158 valence electrons. The first-order valence-corrected chi connectivity index (χ1v) is 9.94. The number of amides is 1. The molecule has 1 atom stereocenters. The summed E-state index contributed by atoms with van der Waals surface area (Å²) in [6.07, 6.45) is -0.165. The molecule has 9 heteroatoms. The van der Waals surface area contributed by atoms with E-state index in [0.717, 1.165) is 17.3 Å². The fraction of sp³-hybridized carbons (Fsp3) is 0.286. The van der Waals surface area contributed by atoms with Crippen molar-refractivity contribution in [3.05, 3.63) is 48.0 Å². The van der Waals surface area contributed by atoms with Gasteiger partial charge in [-0.05, 0) is 42.0 Å². The van der Waals surface area contributed by atoms with Crippen LogP contribution in [0.3, 0.4) is 0 Å². The predicted molar refractivity (Wildman–Crippen MR) is 111 cm³/mol. The number of hydrogen-bond acceptors (Lipinski definition) is 8. The fourth-order valence-electron chi connectivity index (χ4n) is 2.91. The van der Waals surface area contributed by atoms with Crippen molar-refractivity contribution in [3.8, 4) is 17.2 Å². The minimum absolute atomic E-state index is 0.165. The van der Waals surface area contributed by atoms with E-state index in [1.54, 1.807) is 50.6 Å². The van der Waals surface area contributed by atoms with Gasteiger partial charge in [0.15, 0.2) is 16.7 Å². The number of carbonyl (C=O) groups is 2. The lowest BCUT2D eigenvalue weighted by Gasteiger charge is -2.32. The Balaban J connectivity index is 1.93. The maximum absolute atomic E-state index is 12.8. The molecule has 1 heterocycles. The Morgan fingerprint density at radius 1 is 1.10 bits per heavy atom. The molecule has 3 rings (SSSR count). The van der Waals surface area contributed by atoms with E-state index in [9.17, 15) is 14.7 Å². The Morgan fingerprint density at radius 3 is 2.40 bits per heavy atom. The average molecular weight is 429 g/mol. The number of thioether (sulfide) groups is 1. The van der Waals surface area contributed by atoms with E-state index in [1.165, 1.54) is 12.0 Å². The number of aliphatic imine (C=N–C) groups is 1. The van der Waals surface area contributed by atoms with Crippen molar-refractivity contribution in [2.24, 2.45) is 4.99 Å². The average Bonchev–Trinajstić information content (AvgIpc) is 2.76. The quantitative estimate of drug-likeness (QED) is 0.663. The third-order valence-electron chi connectivity index (χ3n) is 4.49. The van der Waals surface area contributed by atoms with E-state index in [-0.39, 0.29) is 18.9 Å². The van der Waals surface area contributed by atoms with Crippen molar-refractivity contribution < 1.29 is 28.9 Å². The van der Waals surface area contributed by atoms with Crippen LogP contribution >= 0.6 is 11.8 Å². The van der Waals surface area contributed by atoms with Crippen LogP contribution in [0, 0.1) is 0 Å². The number of ether oxygens (including phenoxy) is 3. The van der Waals surface area contributed by atoms with Gasteiger partial charge in [-0.1, -0.05) is 17.8 Å². The molecule has 1 amide bonds. The van der Waals surface area contributed by atoms with Gasteiger partial charge in [0.05, 0.1) is 44.8 Å². The summed E-state index contributed by atoms with van der Waals surface area (Å²) in [5.41, 5.74) is 1.36. The predicted octanol–water partition coefficient (Wildman–Crippen LogP) is 1.98. The van der Waals surface area contributed by atoms with Gasteiger partial charge in [-0.25, -0.2) is 4.99 Å². The third-order valence-corrected chi connectivity index (χ3v) is 5.65. The fourth-order valence-corrected chi connectivity index (χ4v) is 3.94. The molecule has 1 aliphatic rings. The first kappa shape index (κ1) is 21.5. The van der Waals surface area contributed by atoms with Gasteiger partial charge in [0.2, 0.25) is 5.91 Å². The second-order valence-electron chi connectivity index (χ2n) is 6.39. The Kier molecular flexibility index (Phi) is 6.83. The molecule has 0 aliphatic carbocycles. The first-order chi connectivity index (χ1) is 14.4. The molecule has 0 saturated carbocycles. The molecule has 8 nitrogen and oxygen atoms in total. The zero-order chi connectivity index (χ0) is 21.7. The van der Waals surface area contributed by atoms with Crippen molar-refractivity contribution in [1.82, 2.24) is 4.90 Å². The van der Waals surface area contributed by atoms with Crippen LogP contribution in [-0.2, 0) is 16.1 Å². The lowest BCUT2D eigenvalue weighted by Crippen LogP contribution is -2.47. The van der Waals surface area contributed by atoms with Gasteiger partial charge in [-0.3, -0.25) is 9.69 Å². The molecule has 0 bridgehead atoms. The van der Waals surface area contributed by atoms with Crippen LogP contribution in [0.5, 0.6) is 17.2 Å². The van der Waals surface area contributed by atoms with Crippen molar-refractivity contribution in [2.75, 3.05) is 21.3 Å². The van der Waals surface area contributed by atoms with Gasteiger partial charge in [0.25, 0.3) is 0 Å². The van der Waals surface area contributed by atoms with Crippen LogP contribution in [0.25, 0.3) is 0 Å². The zero-order valence-electron chi connectivity index (χ0n) is 16.8. The number of benzene rings is 2. The van der Waals surface area contributed by atoms with Crippen molar-refractivity contribution in [3.63, 3.8) is 0 Å². The molecule has 2 aromatic rings. The molecule has 1 saturated heterocycles. The van der Waals surface area contributed by atoms with Crippen LogP contribution in [0.4, 0.5) is 5.69 Å². The molecule has 0 radical (unpaired) electrons. The Bertz CT molecular complexity index is 960. The summed E-state index contributed by atoms with van der Waals surface area (Å²) in [4.78, 5) is 30.1. The molecular formula is C21H21N2O6S-. The minimum Gasteiger partial charge on any atom is -0.549 e. The number of carbonyl (C=O) groups excluding carboxylic acids is 2. The molecule has 0 aromatic heterocycles. The van der Waals surface area contributed by atoms with Gasteiger partial charge in [0.1, 0.15) is 5.75 Å². The first-order valence-electron chi connectivity index (χ1n) is 9.06. The Labute approximate surface area is 178 Å². The summed E-state index contributed by atoms with van der Waals surface area (Å²) >= 11 is 0.999. The molecule has 30 heavy (non-hydrogen) atoms. The summed E-state index contributed by atoms with van der Waals surface area (Å²) in [6.45, 7) is 0.209. The van der Waals surface area contributed by atoms with E-state index in [0.29, 0.717) is 28.1 Å². The maximum atomic E-state index is 12.8. The largest absolute Gasteiger partial charge is 0.549 e. The van der Waals surface area contributed by atoms with Gasteiger partial charge in [-0.15, -0.1) is 0 Å². The lowest BCUT2D eigenvalue weighted by molar-refractivity contribution is -0.304. The maximum Gasteiger partial charge on any atom is 0.230 e. The van der Waals surface area contributed by atoms with E-state index < -0.39 is 11.2 Å². The number of aliphatic carboxylic acids is 1. The zero-order valence-corrected chi connectivity index (χ0v) is 17.6. The summed E-state index contributed by atoms with van der Waals surface area (Å²) in [5.74, 6) is 0.144. The number of hydrogen-bond donors (Lipinski definition) is 0. The van der Waals surface area contributed by atoms with Crippen LogP contribution in [0.2, 0.25) is 0 Å². The lowest BCUT2D eigenvalue weighted by atomic mass is 10.1. The number of rotatable bonds is 7. The van der Waals surface area contributed by atoms with E-state index in [4.69, 9.17) is 14.2 Å². The topological polar surface area (TPSA) is 100 Å². The van der Waals surface area contributed by atoms with Crippen molar-refractivity contribution in [1.29, 1.82) is 0 Å². The van der Waals surface area contributed by atoms with Crippen LogP contribution < -0.4 is 19.3 Å². The van der Waals surface area contributed by atoms with Gasteiger partial charge >= 0.3 is 0 Å². The standard InChI is InChI=1S/C21H22N2O6S/c1-27-15-7-5-14(6-8-15)22-21-23(19(24)11-18(30-21)20(25)26)12-13-4-9-16(28-2)17(10-13)29-3/h4-10,18H,11-12H2,1-3H3,(H,25,26)/p-1/t18-/m0/s1. The molecule has 1 fully saturated rings. The SMILES string of the molecule is COc1ccc(N=C2S[C@H](C(=O)[O-])CC(=O)N2Cc2ccc(OC)c(OC)c2)cc1. The number of carboxylic acids is 1. The Hall–Kier alpha value is -3.20. The summed E-state index contributed by atoms with van der Waals surface area (Å²) in [6, 6.07) is 12.3.